The summed E-state index contributed by atoms with van der Waals surface area (Å²) in [4.78, 5) is 26.4. The first kappa shape index (κ1) is 37.2. The van der Waals surface area contributed by atoms with Crippen molar-refractivity contribution in [3.8, 4) is 17.2 Å². The van der Waals surface area contributed by atoms with E-state index in [1.807, 2.05) is 13.8 Å². The first-order valence-corrected chi connectivity index (χ1v) is 14.9. The number of amides is 2. The predicted molar refractivity (Wildman–Crippen MR) is 163 cm³/mol. The standard InChI is InChI=1S/C34H38F6N2O5/c1-6-7-24-20-26(32(45,33(35,36)37)34(38,39)40)12-17-29(24)47-28-13-8-23(9-14-28)18-19-42(5)30(44)41-31(4,21-43)25-10-15-27(16-11-25)46-22(2)3/h8-17,20-22,45H,6-7,18-19H2,1-5H3,(H,41,44). The number of urea groups is 1. The Balaban J connectivity index is 1.67. The van der Waals surface area contributed by atoms with Gasteiger partial charge >= 0.3 is 18.4 Å². The predicted octanol–water partition coefficient (Wildman–Crippen LogP) is 7.83. The Labute approximate surface area is 269 Å². The van der Waals surface area contributed by atoms with Gasteiger partial charge in [0, 0.05) is 19.2 Å². The quantitative estimate of drug-likeness (QED) is 0.143. The average molecular weight is 669 g/mol. The molecule has 0 aliphatic rings. The van der Waals surface area contributed by atoms with Crippen LogP contribution in [-0.4, -0.2) is 54.4 Å². The molecule has 0 aliphatic carbocycles. The molecule has 1 unspecified atom stereocenters. The summed E-state index contributed by atoms with van der Waals surface area (Å²) in [5.74, 6) is 0.959. The number of aryl methyl sites for hydroxylation is 1. The van der Waals surface area contributed by atoms with Crippen LogP contribution in [0.3, 0.4) is 0 Å². The molecule has 256 valence electrons. The Bertz CT molecular complexity index is 1490. The van der Waals surface area contributed by atoms with E-state index in [1.165, 1.54) is 4.90 Å². The third kappa shape index (κ3) is 8.76. The Hall–Kier alpha value is -4.26. The van der Waals surface area contributed by atoms with E-state index in [0.717, 1.165) is 11.6 Å². The third-order valence-corrected chi connectivity index (χ3v) is 7.48. The van der Waals surface area contributed by atoms with Gasteiger partial charge in [-0.3, -0.25) is 0 Å². The van der Waals surface area contributed by atoms with Gasteiger partial charge in [0.15, 0.2) is 0 Å². The SMILES string of the molecule is CCCc1cc(C(O)(C(F)(F)F)C(F)(F)F)ccc1Oc1ccc(CCN(C)C(=O)NC(C)(C=O)c2ccc(OC(C)C)cc2)cc1. The van der Waals surface area contributed by atoms with E-state index in [9.17, 15) is 41.0 Å². The number of ether oxygens (including phenoxy) is 2. The van der Waals surface area contributed by atoms with Crippen LogP contribution in [0.4, 0.5) is 31.1 Å². The van der Waals surface area contributed by atoms with Gasteiger partial charge < -0.3 is 29.6 Å². The van der Waals surface area contributed by atoms with Crippen molar-refractivity contribution in [2.24, 2.45) is 0 Å². The van der Waals surface area contributed by atoms with Crippen LogP contribution in [-0.2, 0) is 28.8 Å². The first-order chi connectivity index (χ1) is 21.8. The Morgan fingerprint density at radius 3 is 1.96 bits per heavy atom. The second-order valence-corrected chi connectivity index (χ2v) is 11.6. The topological polar surface area (TPSA) is 88.1 Å². The maximum atomic E-state index is 13.4. The highest BCUT2D eigenvalue weighted by Crippen LogP contribution is 2.50. The van der Waals surface area contributed by atoms with E-state index >= 15 is 0 Å². The van der Waals surface area contributed by atoms with Crippen LogP contribution < -0.4 is 14.8 Å². The van der Waals surface area contributed by atoms with Crippen molar-refractivity contribution in [1.29, 1.82) is 0 Å². The summed E-state index contributed by atoms with van der Waals surface area (Å²) in [6.07, 6.45) is -10.4. The molecule has 0 bridgehead atoms. The molecule has 3 aromatic carbocycles. The molecule has 13 heteroatoms. The van der Waals surface area contributed by atoms with E-state index < -0.39 is 35.1 Å². The largest absolute Gasteiger partial charge is 0.491 e. The summed E-state index contributed by atoms with van der Waals surface area (Å²) < 4.78 is 91.9. The number of likely N-dealkylation sites (N-methyl/N-ethyl adjacent to an activating group) is 1. The van der Waals surface area contributed by atoms with Crippen LogP contribution in [0.5, 0.6) is 17.2 Å². The van der Waals surface area contributed by atoms with Gasteiger partial charge in [-0.15, -0.1) is 0 Å². The lowest BCUT2D eigenvalue weighted by Crippen LogP contribution is -2.53. The zero-order valence-electron chi connectivity index (χ0n) is 26.6. The summed E-state index contributed by atoms with van der Waals surface area (Å²) >= 11 is 0. The van der Waals surface area contributed by atoms with Crippen LogP contribution in [0.1, 0.15) is 56.4 Å². The van der Waals surface area contributed by atoms with Crippen LogP contribution >= 0.6 is 0 Å². The van der Waals surface area contributed by atoms with Crippen LogP contribution in [0, 0.1) is 0 Å². The Morgan fingerprint density at radius 2 is 1.45 bits per heavy atom. The van der Waals surface area contributed by atoms with E-state index in [1.54, 1.807) is 69.4 Å². The fourth-order valence-corrected chi connectivity index (χ4v) is 4.75. The first-order valence-electron chi connectivity index (χ1n) is 14.9. The molecule has 0 saturated carbocycles. The van der Waals surface area contributed by atoms with Crippen molar-refractivity contribution >= 4 is 12.3 Å². The lowest BCUT2D eigenvalue weighted by Gasteiger charge is -2.33. The molecule has 0 spiro atoms. The van der Waals surface area contributed by atoms with Crippen molar-refractivity contribution < 1.29 is 50.5 Å². The monoisotopic (exact) mass is 668 g/mol. The maximum absolute atomic E-state index is 13.4. The Kier molecular flexibility index (Phi) is 11.6. The second kappa shape index (κ2) is 14.7. The number of rotatable bonds is 13. The van der Waals surface area contributed by atoms with Gasteiger partial charge in [0.2, 0.25) is 0 Å². The molecule has 3 aromatic rings. The second-order valence-electron chi connectivity index (χ2n) is 11.6. The van der Waals surface area contributed by atoms with Gasteiger partial charge in [0.1, 0.15) is 29.1 Å². The molecule has 3 rings (SSSR count). The highest BCUT2D eigenvalue weighted by atomic mass is 19.4. The fraction of sp³-hybridized carbons (Fsp3) is 0.412. The fourth-order valence-electron chi connectivity index (χ4n) is 4.75. The van der Waals surface area contributed by atoms with Crippen LogP contribution in [0.15, 0.2) is 66.7 Å². The van der Waals surface area contributed by atoms with Crippen LogP contribution in [0.2, 0.25) is 0 Å². The lowest BCUT2D eigenvalue weighted by molar-refractivity contribution is -0.376. The zero-order valence-corrected chi connectivity index (χ0v) is 26.6. The molecular weight excluding hydrogens is 630 g/mol. The van der Waals surface area contributed by atoms with E-state index in [4.69, 9.17) is 9.47 Å². The van der Waals surface area contributed by atoms with Crippen molar-refractivity contribution in [3.05, 3.63) is 89.0 Å². The lowest BCUT2D eigenvalue weighted by atomic mass is 9.90. The highest BCUT2D eigenvalue weighted by molar-refractivity contribution is 5.81. The average Bonchev–Trinajstić information content (AvgIpc) is 2.99. The number of aliphatic hydroxyl groups is 1. The number of nitrogens with zero attached hydrogens (tertiary/aromatic N) is 1. The van der Waals surface area contributed by atoms with E-state index in [-0.39, 0.29) is 36.1 Å². The van der Waals surface area contributed by atoms with Crippen molar-refractivity contribution in [1.82, 2.24) is 10.2 Å². The molecule has 0 saturated heterocycles. The minimum Gasteiger partial charge on any atom is -0.491 e. The van der Waals surface area contributed by atoms with Gasteiger partial charge in [-0.1, -0.05) is 43.7 Å². The normalized spacial score (nSPS) is 13.6. The Morgan fingerprint density at radius 1 is 0.894 bits per heavy atom. The number of hydrogen-bond donors (Lipinski definition) is 2. The van der Waals surface area contributed by atoms with Crippen molar-refractivity contribution in [2.75, 3.05) is 13.6 Å². The number of alkyl halides is 6. The zero-order chi connectivity index (χ0) is 35.2. The van der Waals surface area contributed by atoms with Crippen LogP contribution in [0.25, 0.3) is 0 Å². The summed E-state index contributed by atoms with van der Waals surface area (Å²) in [7, 11) is 1.58. The van der Waals surface area contributed by atoms with Crippen molar-refractivity contribution in [3.63, 3.8) is 0 Å². The summed E-state index contributed by atoms with van der Waals surface area (Å²) in [6.45, 7) is 7.36. The molecule has 0 aromatic heterocycles. The van der Waals surface area contributed by atoms with Crippen molar-refractivity contribution in [2.45, 2.75) is 76.6 Å². The smallest absolute Gasteiger partial charge is 0.430 e. The number of halogens is 6. The molecule has 0 aliphatic heterocycles. The molecule has 7 nitrogen and oxygen atoms in total. The highest BCUT2D eigenvalue weighted by Gasteiger charge is 2.71. The molecule has 1 atom stereocenters. The molecule has 2 N–H and O–H groups in total. The number of hydrogen-bond acceptors (Lipinski definition) is 5. The summed E-state index contributed by atoms with van der Waals surface area (Å²) in [5, 5.41) is 12.6. The molecule has 0 radical (unpaired) electrons. The summed E-state index contributed by atoms with van der Waals surface area (Å²) in [5.41, 5.74) is -6.22. The number of nitrogens with one attached hydrogen (secondary N) is 1. The van der Waals surface area contributed by atoms with E-state index in [0.29, 0.717) is 42.6 Å². The third-order valence-electron chi connectivity index (χ3n) is 7.48. The van der Waals surface area contributed by atoms with Gasteiger partial charge in [-0.2, -0.15) is 26.3 Å². The van der Waals surface area contributed by atoms with E-state index in [2.05, 4.69) is 5.32 Å². The molecule has 2 amide bonds. The van der Waals surface area contributed by atoms with Gasteiger partial charge in [0.25, 0.3) is 5.60 Å². The molecule has 47 heavy (non-hydrogen) atoms. The molecule has 0 heterocycles. The number of benzene rings is 3. The van der Waals surface area contributed by atoms with Gasteiger partial charge in [-0.05, 0) is 86.7 Å². The maximum Gasteiger partial charge on any atom is 0.430 e. The summed E-state index contributed by atoms with van der Waals surface area (Å²) in [6, 6.07) is 15.2. The molecule has 0 fully saturated rings. The van der Waals surface area contributed by atoms with Gasteiger partial charge in [0.05, 0.1) is 6.10 Å². The number of carbonyl (C=O) groups excluding carboxylic acids is 2. The minimum atomic E-state index is -6.00. The molecular formula is C34H38F6N2O5. The number of carbonyl (C=O) groups is 2. The minimum absolute atomic E-state index is 0.0188. The van der Waals surface area contributed by atoms with Gasteiger partial charge in [-0.25, -0.2) is 4.79 Å². The number of aldehydes is 1.